The van der Waals surface area contributed by atoms with Gasteiger partial charge in [0, 0.05) is 18.0 Å². The summed E-state index contributed by atoms with van der Waals surface area (Å²) in [5, 5.41) is 3.09. The molecule has 0 aliphatic rings. The number of benzene rings is 1. The molecule has 1 aromatic carbocycles. The molecule has 1 aromatic rings. The quantitative estimate of drug-likeness (QED) is 0.805. The summed E-state index contributed by atoms with van der Waals surface area (Å²) in [5.74, 6) is -0.943. The van der Waals surface area contributed by atoms with Gasteiger partial charge in [-0.05, 0) is 18.1 Å². The van der Waals surface area contributed by atoms with Crippen LogP contribution in [0.4, 0.5) is 0 Å². The summed E-state index contributed by atoms with van der Waals surface area (Å²) in [6.07, 6.45) is 0.887. The van der Waals surface area contributed by atoms with E-state index >= 15 is 0 Å². The van der Waals surface area contributed by atoms with Crippen molar-refractivity contribution in [2.75, 3.05) is 12.8 Å². The van der Waals surface area contributed by atoms with Gasteiger partial charge in [-0.1, -0.05) is 29.8 Å². The number of aryl methyl sites for hydroxylation is 1. The molecule has 0 fully saturated rings. The monoisotopic (exact) mass is 332 g/mol. The van der Waals surface area contributed by atoms with E-state index in [0.717, 1.165) is 11.8 Å². The number of nitrogens with one attached hydrogen (secondary N) is 2. The second-order valence-electron chi connectivity index (χ2n) is 4.62. The molecule has 0 atom stereocenters. The maximum atomic E-state index is 11.7. The summed E-state index contributed by atoms with van der Waals surface area (Å²) in [6, 6.07) is 5.41. The van der Waals surface area contributed by atoms with Crippen molar-refractivity contribution in [1.29, 1.82) is 0 Å². The van der Waals surface area contributed by atoms with Gasteiger partial charge in [0.15, 0.2) is 0 Å². The Morgan fingerprint density at radius 2 is 1.90 bits per heavy atom. The molecule has 116 valence electrons. The SMILES string of the molecule is Cc1cccc(CC(=O)NCCC(=O)NS(C)(=O)=O)c1Cl. The molecule has 8 heteroatoms. The van der Waals surface area contributed by atoms with E-state index in [9.17, 15) is 18.0 Å². The van der Waals surface area contributed by atoms with Crippen molar-refractivity contribution in [3.05, 3.63) is 34.3 Å². The second-order valence-corrected chi connectivity index (χ2v) is 6.75. The van der Waals surface area contributed by atoms with Gasteiger partial charge in [0.2, 0.25) is 21.8 Å². The topological polar surface area (TPSA) is 92.3 Å². The van der Waals surface area contributed by atoms with E-state index in [2.05, 4.69) is 5.32 Å². The molecule has 0 aliphatic heterocycles. The molecule has 2 amide bonds. The predicted octanol–water partition coefficient (Wildman–Crippen LogP) is 0.773. The lowest BCUT2D eigenvalue weighted by Gasteiger charge is -2.08. The lowest BCUT2D eigenvalue weighted by Crippen LogP contribution is -2.34. The normalized spacial score (nSPS) is 11.0. The van der Waals surface area contributed by atoms with E-state index in [1.807, 2.05) is 23.8 Å². The molecule has 0 spiro atoms. The number of rotatable bonds is 6. The minimum atomic E-state index is -3.56. The first-order chi connectivity index (χ1) is 9.69. The van der Waals surface area contributed by atoms with Crippen molar-refractivity contribution in [3.63, 3.8) is 0 Å². The molecule has 6 nitrogen and oxygen atoms in total. The third-order valence-electron chi connectivity index (χ3n) is 2.60. The van der Waals surface area contributed by atoms with Crippen LogP contribution in [0, 0.1) is 6.92 Å². The van der Waals surface area contributed by atoms with Gasteiger partial charge in [-0.15, -0.1) is 0 Å². The third-order valence-corrected chi connectivity index (χ3v) is 3.74. The van der Waals surface area contributed by atoms with E-state index in [4.69, 9.17) is 11.6 Å². The van der Waals surface area contributed by atoms with Crippen LogP contribution in [0.2, 0.25) is 5.02 Å². The Labute approximate surface area is 128 Å². The number of sulfonamides is 1. The van der Waals surface area contributed by atoms with Crippen LogP contribution < -0.4 is 10.0 Å². The first-order valence-electron chi connectivity index (χ1n) is 6.20. The average molecular weight is 333 g/mol. The highest BCUT2D eigenvalue weighted by Gasteiger charge is 2.10. The summed E-state index contributed by atoms with van der Waals surface area (Å²) in [6.45, 7) is 1.91. The summed E-state index contributed by atoms with van der Waals surface area (Å²) in [7, 11) is -3.56. The van der Waals surface area contributed by atoms with Gasteiger partial charge in [-0.3, -0.25) is 14.3 Å². The van der Waals surface area contributed by atoms with Crippen molar-refractivity contribution in [3.8, 4) is 0 Å². The van der Waals surface area contributed by atoms with E-state index in [1.54, 1.807) is 6.07 Å². The van der Waals surface area contributed by atoms with E-state index in [-0.39, 0.29) is 25.3 Å². The molecule has 2 N–H and O–H groups in total. The second kappa shape index (κ2) is 7.42. The third kappa shape index (κ3) is 6.59. The number of hydrogen-bond acceptors (Lipinski definition) is 4. The fourth-order valence-electron chi connectivity index (χ4n) is 1.65. The van der Waals surface area contributed by atoms with Crippen molar-refractivity contribution < 1.29 is 18.0 Å². The Bertz CT molecular complexity index is 644. The molecular weight excluding hydrogens is 316 g/mol. The number of carbonyl (C=O) groups is 2. The summed E-state index contributed by atoms with van der Waals surface area (Å²) in [4.78, 5) is 23.0. The average Bonchev–Trinajstić information content (AvgIpc) is 2.32. The lowest BCUT2D eigenvalue weighted by atomic mass is 10.1. The Morgan fingerprint density at radius 1 is 1.24 bits per heavy atom. The molecule has 21 heavy (non-hydrogen) atoms. The summed E-state index contributed by atoms with van der Waals surface area (Å²) < 4.78 is 23.5. The van der Waals surface area contributed by atoms with Gasteiger partial charge < -0.3 is 5.32 Å². The van der Waals surface area contributed by atoms with Crippen molar-refractivity contribution in [2.45, 2.75) is 19.8 Å². The maximum Gasteiger partial charge on any atom is 0.235 e. The molecule has 1 rings (SSSR count). The first-order valence-corrected chi connectivity index (χ1v) is 8.47. The zero-order valence-electron chi connectivity index (χ0n) is 11.8. The highest BCUT2D eigenvalue weighted by molar-refractivity contribution is 7.89. The molecular formula is C13H17ClN2O4S. The molecule has 0 saturated heterocycles. The molecule has 0 radical (unpaired) electrons. The summed E-state index contributed by atoms with van der Waals surface area (Å²) in [5.41, 5.74) is 1.59. The van der Waals surface area contributed by atoms with Crippen LogP contribution in [0.1, 0.15) is 17.5 Å². The molecule has 0 bridgehead atoms. The van der Waals surface area contributed by atoms with Crippen LogP contribution >= 0.6 is 11.6 Å². The largest absolute Gasteiger partial charge is 0.355 e. The fraction of sp³-hybridized carbons (Fsp3) is 0.385. The molecule has 0 unspecified atom stereocenters. The maximum absolute atomic E-state index is 11.7. The van der Waals surface area contributed by atoms with Gasteiger partial charge in [0.25, 0.3) is 0 Å². The van der Waals surface area contributed by atoms with Gasteiger partial charge in [0.1, 0.15) is 0 Å². The van der Waals surface area contributed by atoms with Gasteiger partial charge in [0.05, 0.1) is 12.7 Å². The van der Waals surface area contributed by atoms with E-state index in [1.165, 1.54) is 0 Å². The van der Waals surface area contributed by atoms with Crippen LogP contribution in [-0.2, 0) is 26.0 Å². The smallest absolute Gasteiger partial charge is 0.235 e. The molecule has 0 saturated carbocycles. The highest BCUT2D eigenvalue weighted by atomic mass is 35.5. The van der Waals surface area contributed by atoms with E-state index in [0.29, 0.717) is 10.6 Å². The fourth-order valence-corrected chi connectivity index (χ4v) is 2.36. The van der Waals surface area contributed by atoms with Crippen LogP contribution in [-0.4, -0.2) is 33.0 Å². The molecule has 0 aromatic heterocycles. The molecule has 0 heterocycles. The Morgan fingerprint density at radius 3 is 2.52 bits per heavy atom. The van der Waals surface area contributed by atoms with Crippen LogP contribution in [0.15, 0.2) is 18.2 Å². The lowest BCUT2D eigenvalue weighted by molar-refractivity contribution is -0.121. The standard InChI is InChI=1S/C13H17ClN2O4S/c1-9-4-3-5-10(13(9)14)8-12(18)15-7-6-11(17)16-21(2,19)20/h3-5H,6-8H2,1-2H3,(H,15,18)(H,16,17). The zero-order chi connectivity index (χ0) is 16.0. The van der Waals surface area contributed by atoms with Gasteiger partial charge >= 0.3 is 0 Å². The molecule has 0 aliphatic carbocycles. The number of halogens is 1. The zero-order valence-corrected chi connectivity index (χ0v) is 13.3. The minimum absolute atomic E-state index is 0.0591. The van der Waals surface area contributed by atoms with Gasteiger partial charge in [-0.25, -0.2) is 8.42 Å². The highest BCUT2D eigenvalue weighted by Crippen LogP contribution is 2.20. The minimum Gasteiger partial charge on any atom is -0.355 e. The van der Waals surface area contributed by atoms with Crippen LogP contribution in [0.5, 0.6) is 0 Å². The Hall–Kier alpha value is -1.60. The first kappa shape index (κ1) is 17.5. The van der Waals surface area contributed by atoms with Gasteiger partial charge in [-0.2, -0.15) is 0 Å². The predicted molar refractivity (Wildman–Crippen MR) is 80.5 cm³/mol. The van der Waals surface area contributed by atoms with Crippen molar-refractivity contribution >= 4 is 33.4 Å². The Balaban J connectivity index is 2.42. The number of carbonyl (C=O) groups excluding carboxylic acids is 2. The number of amides is 2. The number of hydrogen-bond donors (Lipinski definition) is 2. The van der Waals surface area contributed by atoms with E-state index < -0.39 is 15.9 Å². The van der Waals surface area contributed by atoms with Crippen molar-refractivity contribution in [1.82, 2.24) is 10.0 Å². The van der Waals surface area contributed by atoms with Crippen molar-refractivity contribution in [2.24, 2.45) is 0 Å². The Kier molecular flexibility index (Phi) is 6.17. The van der Waals surface area contributed by atoms with Crippen LogP contribution in [0.3, 0.4) is 0 Å². The van der Waals surface area contributed by atoms with Crippen LogP contribution in [0.25, 0.3) is 0 Å². The summed E-state index contributed by atoms with van der Waals surface area (Å²) >= 11 is 6.08.